The molecule has 0 fully saturated rings. The Morgan fingerprint density at radius 1 is 1.35 bits per heavy atom. The van der Waals surface area contributed by atoms with E-state index in [4.69, 9.17) is 0 Å². The number of nitrogens with zero attached hydrogens (tertiary/aromatic N) is 2. The molecule has 2 rings (SSSR count). The van der Waals surface area contributed by atoms with Crippen LogP contribution in [0.1, 0.15) is 50.2 Å². The zero-order valence-electron chi connectivity index (χ0n) is 13.8. The molecule has 0 aromatic carbocycles. The molecule has 2 nitrogen and oxygen atoms in total. The average Bonchev–Trinajstić information content (AvgIpc) is 2.51. The van der Waals surface area contributed by atoms with Crippen LogP contribution in [0.2, 0.25) is 0 Å². The Bertz CT molecular complexity index is 510. The van der Waals surface area contributed by atoms with Crippen molar-refractivity contribution >= 4 is 22.6 Å². The minimum absolute atomic E-state index is 0. The van der Waals surface area contributed by atoms with Gasteiger partial charge in [0.1, 0.15) is 0 Å². The molecule has 0 saturated carbocycles. The van der Waals surface area contributed by atoms with E-state index in [1.54, 1.807) is 6.92 Å². The van der Waals surface area contributed by atoms with E-state index in [-0.39, 0.29) is 61.5 Å². The van der Waals surface area contributed by atoms with Gasteiger partial charge in [-0.1, -0.05) is 36.4 Å². The molecule has 108 valence electrons. The van der Waals surface area contributed by atoms with Crippen LogP contribution in [-0.4, -0.2) is 19.6 Å². The Hall–Kier alpha value is 1.41. The number of alkyl halides is 2. The molecule has 2 unspecified atom stereocenters. The standard InChI is InChI=1S/C15H23FIN2.K/c1-8(2)19-14(17)10(4)12-9(3)11(5)18(7)13(12)15(19,6)16;/h8,14H,1-7H3;/q-1;+1. The van der Waals surface area contributed by atoms with Gasteiger partial charge in [-0.2, -0.15) is 5.56 Å². The van der Waals surface area contributed by atoms with Gasteiger partial charge in [-0.05, 0) is 46.1 Å². The third-order valence-corrected chi connectivity index (χ3v) is 6.00. The third-order valence-electron chi connectivity index (χ3n) is 4.46. The number of hydrogen-bond acceptors (Lipinski definition) is 1. The van der Waals surface area contributed by atoms with Crippen LogP contribution in [0.3, 0.4) is 0 Å². The smallest absolute Gasteiger partial charge is 0.410 e. The van der Waals surface area contributed by atoms with Crippen molar-refractivity contribution in [1.29, 1.82) is 0 Å². The molecule has 5 heteroatoms. The van der Waals surface area contributed by atoms with Crippen molar-refractivity contribution in [3.8, 4) is 0 Å². The predicted octanol–water partition coefficient (Wildman–Crippen LogP) is 1.22. The molecule has 2 atom stereocenters. The summed E-state index contributed by atoms with van der Waals surface area (Å²) in [6.45, 7) is 12.1. The largest absolute Gasteiger partial charge is 1.00 e. The van der Waals surface area contributed by atoms with Gasteiger partial charge in [-0.25, -0.2) is 4.39 Å². The SMILES string of the molecule is Cc1c2c(n(C)c1C)C(C)(F)N(C(C)C)C(I)[C-]2C.[K+]. The molecule has 20 heavy (non-hydrogen) atoms. The first-order valence-electron chi connectivity index (χ1n) is 6.74. The topological polar surface area (TPSA) is 8.17 Å². The molecular formula is C15H23FIKN2. The Balaban J connectivity index is 0.00000200. The van der Waals surface area contributed by atoms with Crippen LogP contribution < -0.4 is 51.4 Å². The average molecular weight is 416 g/mol. The van der Waals surface area contributed by atoms with Crippen molar-refractivity contribution in [2.45, 2.75) is 57.4 Å². The number of fused-ring (bicyclic) bond motifs is 1. The van der Waals surface area contributed by atoms with Crippen molar-refractivity contribution in [2.24, 2.45) is 7.05 Å². The van der Waals surface area contributed by atoms with Gasteiger partial charge in [0.2, 0.25) is 0 Å². The van der Waals surface area contributed by atoms with Gasteiger partial charge in [0.25, 0.3) is 0 Å². The summed E-state index contributed by atoms with van der Waals surface area (Å²) in [6.07, 6.45) is 0. The van der Waals surface area contributed by atoms with Crippen LogP contribution in [0.15, 0.2) is 0 Å². The molecule has 0 radical (unpaired) electrons. The fourth-order valence-electron chi connectivity index (χ4n) is 3.37. The van der Waals surface area contributed by atoms with Crippen molar-refractivity contribution < 1.29 is 55.8 Å². The van der Waals surface area contributed by atoms with E-state index in [2.05, 4.69) is 57.2 Å². The van der Waals surface area contributed by atoms with Crippen LogP contribution in [0.4, 0.5) is 4.39 Å². The summed E-state index contributed by atoms with van der Waals surface area (Å²) in [5, 5.41) is 0. The van der Waals surface area contributed by atoms with E-state index in [1.165, 1.54) is 11.5 Å². The number of hydrogen-bond donors (Lipinski definition) is 0. The molecule has 1 aliphatic rings. The molecular weight excluding hydrogens is 393 g/mol. The fourth-order valence-corrected chi connectivity index (χ4v) is 4.85. The summed E-state index contributed by atoms with van der Waals surface area (Å²) in [6, 6.07) is 0.163. The van der Waals surface area contributed by atoms with Gasteiger partial charge in [0, 0.05) is 10.1 Å². The summed E-state index contributed by atoms with van der Waals surface area (Å²) in [7, 11) is 1.97. The maximum absolute atomic E-state index is 15.5. The zero-order valence-corrected chi connectivity index (χ0v) is 19.1. The minimum atomic E-state index is -1.43. The van der Waals surface area contributed by atoms with E-state index < -0.39 is 5.79 Å². The number of halogens is 2. The Morgan fingerprint density at radius 2 is 1.85 bits per heavy atom. The minimum Gasteiger partial charge on any atom is -0.410 e. The summed E-state index contributed by atoms with van der Waals surface area (Å²) in [4.78, 5) is 1.96. The second-order valence-corrected chi connectivity index (χ2v) is 7.15. The molecule has 0 spiro atoms. The molecule has 0 saturated heterocycles. The second-order valence-electron chi connectivity index (χ2n) is 5.97. The summed E-state index contributed by atoms with van der Waals surface area (Å²) >= 11 is 2.36. The summed E-state index contributed by atoms with van der Waals surface area (Å²) in [5.41, 5.74) is 4.30. The number of rotatable bonds is 1. The van der Waals surface area contributed by atoms with Gasteiger partial charge >= 0.3 is 51.4 Å². The molecule has 1 aliphatic heterocycles. The summed E-state index contributed by atoms with van der Waals surface area (Å²) < 4.78 is 17.7. The van der Waals surface area contributed by atoms with Crippen LogP contribution >= 0.6 is 22.6 Å². The van der Waals surface area contributed by atoms with Gasteiger partial charge in [-0.3, -0.25) is 4.90 Å². The van der Waals surface area contributed by atoms with E-state index in [0.29, 0.717) is 0 Å². The molecule has 0 N–H and O–H groups in total. The Labute approximate surface area is 178 Å². The van der Waals surface area contributed by atoms with Crippen LogP contribution in [-0.2, 0) is 12.8 Å². The van der Waals surface area contributed by atoms with E-state index >= 15 is 4.39 Å². The van der Waals surface area contributed by atoms with Gasteiger partial charge in [0.05, 0.1) is 0 Å². The maximum Gasteiger partial charge on any atom is 1.00 e. The third kappa shape index (κ3) is 2.69. The Kier molecular flexibility index (Phi) is 6.31. The first-order chi connectivity index (χ1) is 8.62. The molecule has 0 bridgehead atoms. The predicted molar refractivity (Wildman–Crippen MR) is 86.1 cm³/mol. The number of aromatic nitrogens is 1. The van der Waals surface area contributed by atoms with E-state index in [0.717, 1.165) is 17.0 Å². The summed E-state index contributed by atoms with van der Waals surface area (Å²) in [5.74, 6) is -0.163. The van der Waals surface area contributed by atoms with Crippen LogP contribution in [0.25, 0.3) is 0 Å². The van der Waals surface area contributed by atoms with Gasteiger partial charge in [0.15, 0.2) is 5.79 Å². The molecule has 1 aromatic heterocycles. The quantitative estimate of drug-likeness (QED) is 0.220. The van der Waals surface area contributed by atoms with Crippen LogP contribution in [0, 0.1) is 19.8 Å². The second kappa shape index (κ2) is 6.49. The molecule has 0 aliphatic carbocycles. The van der Waals surface area contributed by atoms with Crippen molar-refractivity contribution in [2.75, 3.05) is 0 Å². The first kappa shape index (κ1) is 19.5. The zero-order chi connectivity index (χ0) is 14.7. The molecule has 1 aromatic rings. The van der Waals surface area contributed by atoms with Crippen molar-refractivity contribution in [3.63, 3.8) is 0 Å². The fraction of sp³-hybridized carbons (Fsp3) is 0.667. The maximum atomic E-state index is 15.5. The van der Waals surface area contributed by atoms with E-state index in [1.807, 2.05) is 16.5 Å². The van der Waals surface area contributed by atoms with Crippen molar-refractivity contribution in [3.05, 3.63) is 28.4 Å². The van der Waals surface area contributed by atoms with E-state index in [9.17, 15) is 0 Å². The molecule has 2 heterocycles. The van der Waals surface area contributed by atoms with Crippen LogP contribution in [0.5, 0.6) is 0 Å². The Morgan fingerprint density at radius 3 is 2.30 bits per heavy atom. The van der Waals surface area contributed by atoms with Gasteiger partial charge < -0.3 is 4.57 Å². The molecule has 0 amide bonds. The normalized spacial score (nSPS) is 26.7. The van der Waals surface area contributed by atoms with Gasteiger partial charge in [-0.15, -0.1) is 11.5 Å². The first-order valence-corrected chi connectivity index (χ1v) is 7.98. The monoisotopic (exact) mass is 416 g/mol. The van der Waals surface area contributed by atoms with Crippen molar-refractivity contribution in [1.82, 2.24) is 9.47 Å².